The van der Waals surface area contributed by atoms with Crippen LogP contribution < -0.4 is 0 Å². The van der Waals surface area contributed by atoms with E-state index in [4.69, 9.17) is 4.74 Å². The number of esters is 1. The maximum absolute atomic E-state index is 11.2. The van der Waals surface area contributed by atoms with Gasteiger partial charge >= 0.3 is 5.97 Å². The van der Waals surface area contributed by atoms with E-state index in [1.165, 1.54) is 0 Å². The molecule has 3 nitrogen and oxygen atoms in total. The minimum absolute atomic E-state index is 0.324. The SMILES string of the molecule is CCCC(O)(CC)C(=O)OCC. The van der Waals surface area contributed by atoms with Crippen molar-refractivity contribution in [1.29, 1.82) is 0 Å². The topological polar surface area (TPSA) is 46.5 Å². The Kier molecular flexibility index (Phi) is 4.90. The summed E-state index contributed by atoms with van der Waals surface area (Å²) in [5.74, 6) is -0.491. The molecule has 3 heteroatoms. The van der Waals surface area contributed by atoms with Crippen molar-refractivity contribution in [3.8, 4) is 0 Å². The van der Waals surface area contributed by atoms with Crippen LogP contribution in [-0.2, 0) is 9.53 Å². The van der Waals surface area contributed by atoms with Gasteiger partial charge < -0.3 is 9.84 Å². The smallest absolute Gasteiger partial charge is 0.338 e. The van der Waals surface area contributed by atoms with Gasteiger partial charge in [-0.05, 0) is 19.8 Å². The molecule has 0 amide bonds. The van der Waals surface area contributed by atoms with Gasteiger partial charge in [-0.15, -0.1) is 0 Å². The van der Waals surface area contributed by atoms with Crippen molar-refractivity contribution < 1.29 is 14.6 Å². The van der Waals surface area contributed by atoms with Gasteiger partial charge in [0.05, 0.1) is 6.61 Å². The minimum atomic E-state index is -1.26. The fourth-order valence-corrected chi connectivity index (χ4v) is 1.10. The lowest BCUT2D eigenvalue weighted by Gasteiger charge is -2.23. The fraction of sp³-hybridized carbons (Fsp3) is 0.889. The molecule has 0 spiro atoms. The number of carbonyl (C=O) groups excluding carboxylic acids is 1. The molecule has 0 aromatic heterocycles. The lowest BCUT2D eigenvalue weighted by atomic mass is 9.95. The van der Waals surface area contributed by atoms with E-state index in [9.17, 15) is 9.90 Å². The maximum Gasteiger partial charge on any atom is 0.338 e. The van der Waals surface area contributed by atoms with Crippen LogP contribution in [0.1, 0.15) is 40.0 Å². The predicted octanol–water partition coefficient (Wildman–Crippen LogP) is 1.49. The average molecular weight is 174 g/mol. The van der Waals surface area contributed by atoms with Crippen molar-refractivity contribution in [3.05, 3.63) is 0 Å². The number of hydrogen-bond acceptors (Lipinski definition) is 3. The zero-order valence-corrected chi connectivity index (χ0v) is 8.09. The molecule has 0 aromatic carbocycles. The van der Waals surface area contributed by atoms with E-state index < -0.39 is 11.6 Å². The third-order valence-corrected chi connectivity index (χ3v) is 1.90. The van der Waals surface area contributed by atoms with Crippen molar-refractivity contribution >= 4 is 5.97 Å². The Morgan fingerprint density at radius 1 is 1.42 bits per heavy atom. The van der Waals surface area contributed by atoms with Crippen LogP contribution in [0.3, 0.4) is 0 Å². The standard InChI is InChI=1S/C9H18O3/c1-4-7-9(11,5-2)8(10)12-6-3/h11H,4-7H2,1-3H3. The Labute approximate surface area is 73.7 Å². The second-order valence-electron chi connectivity index (χ2n) is 2.86. The quantitative estimate of drug-likeness (QED) is 0.642. The molecule has 0 fully saturated rings. The Balaban J connectivity index is 4.18. The first-order valence-electron chi connectivity index (χ1n) is 4.50. The van der Waals surface area contributed by atoms with Gasteiger partial charge in [0.1, 0.15) is 0 Å². The van der Waals surface area contributed by atoms with E-state index in [2.05, 4.69) is 0 Å². The third-order valence-electron chi connectivity index (χ3n) is 1.90. The largest absolute Gasteiger partial charge is 0.464 e. The fourth-order valence-electron chi connectivity index (χ4n) is 1.10. The maximum atomic E-state index is 11.2. The molecule has 1 N–H and O–H groups in total. The molecule has 0 saturated heterocycles. The first-order valence-corrected chi connectivity index (χ1v) is 4.50. The second kappa shape index (κ2) is 5.14. The molecule has 72 valence electrons. The molecule has 0 aliphatic rings. The molecule has 0 rings (SSSR count). The number of carbonyl (C=O) groups is 1. The molecule has 1 atom stereocenters. The summed E-state index contributed by atoms with van der Waals surface area (Å²) in [6, 6.07) is 0. The molecule has 0 aromatic rings. The van der Waals surface area contributed by atoms with Crippen molar-refractivity contribution in [3.63, 3.8) is 0 Å². The summed E-state index contributed by atoms with van der Waals surface area (Å²) in [5, 5.41) is 9.75. The van der Waals surface area contributed by atoms with E-state index in [0.29, 0.717) is 19.4 Å². The van der Waals surface area contributed by atoms with Gasteiger partial charge in [-0.3, -0.25) is 0 Å². The van der Waals surface area contributed by atoms with Crippen LogP contribution in [0.5, 0.6) is 0 Å². The zero-order valence-electron chi connectivity index (χ0n) is 8.09. The number of rotatable bonds is 5. The van der Waals surface area contributed by atoms with Crippen LogP contribution in [0.25, 0.3) is 0 Å². The Morgan fingerprint density at radius 3 is 2.33 bits per heavy atom. The summed E-state index contributed by atoms with van der Waals surface area (Å²) in [7, 11) is 0. The number of aliphatic hydroxyl groups is 1. The van der Waals surface area contributed by atoms with Crippen LogP contribution in [0.15, 0.2) is 0 Å². The Hall–Kier alpha value is -0.570. The molecule has 12 heavy (non-hydrogen) atoms. The highest BCUT2D eigenvalue weighted by molar-refractivity contribution is 5.79. The zero-order chi connectivity index (χ0) is 9.61. The van der Waals surface area contributed by atoms with Gasteiger partial charge in [0.25, 0.3) is 0 Å². The van der Waals surface area contributed by atoms with E-state index >= 15 is 0 Å². The normalized spacial score (nSPS) is 15.3. The molecule has 0 radical (unpaired) electrons. The van der Waals surface area contributed by atoms with Gasteiger partial charge in [-0.25, -0.2) is 4.79 Å². The van der Waals surface area contributed by atoms with Gasteiger partial charge in [0, 0.05) is 0 Å². The molecule has 0 aliphatic heterocycles. The molecule has 0 heterocycles. The summed E-state index contributed by atoms with van der Waals surface area (Å²) in [6.45, 7) is 5.78. The van der Waals surface area contributed by atoms with Crippen molar-refractivity contribution in [2.45, 2.75) is 45.6 Å². The van der Waals surface area contributed by atoms with E-state index in [1.807, 2.05) is 6.92 Å². The summed E-state index contributed by atoms with van der Waals surface area (Å²) in [6.07, 6.45) is 1.67. The third kappa shape index (κ3) is 2.81. The van der Waals surface area contributed by atoms with Gasteiger partial charge in [-0.2, -0.15) is 0 Å². The summed E-state index contributed by atoms with van der Waals surface area (Å²) in [4.78, 5) is 11.2. The second-order valence-corrected chi connectivity index (χ2v) is 2.86. The highest BCUT2D eigenvalue weighted by Crippen LogP contribution is 2.18. The van der Waals surface area contributed by atoms with Crippen LogP contribution >= 0.6 is 0 Å². The van der Waals surface area contributed by atoms with Gasteiger partial charge in [0.15, 0.2) is 5.60 Å². The van der Waals surface area contributed by atoms with Crippen molar-refractivity contribution in [2.75, 3.05) is 6.61 Å². The van der Waals surface area contributed by atoms with Crippen LogP contribution in [0.4, 0.5) is 0 Å². The molecular formula is C9H18O3. The lowest BCUT2D eigenvalue weighted by molar-refractivity contribution is -0.166. The molecule has 0 saturated carbocycles. The van der Waals surface area contributed by atoms with Gasteiger partial charge in [0.2, 0.25) is 0 Å². The minimum Gasteiger partial charge on any atom is -0.464 e. The van der Waals surface area contributed by atoms with Crippen molar-refractivity contribution in [1.82, 2.24) is 0 Å². The highest BCUT2D eigenvalue weighted by atomic mass is 16.5. The van der Waals surface area contributed by atoms with E-state index in [0.717, 1.165) is 6.42 Å². The van der Waals surface area contributed by atoms with Crippen LogP contribution in [0, 0.1) is 0 Å². The number of ether oxygens (including phenoxy) is 1. The van der Waals surface area contributed by atoms with Crippen LogP contribution in [-0.4, -0.2) is 23.3 Å². The summed E-state index contributed by atoms with van der Waals surface area (Å²) < 4.78 is 4.76. The first-order chi connectivity index (χ1) is 5.60. The summed E-state index contributed by atoms with van der Waals surface area (Å²) >= 11 is 0. The predicted molar refractivity (Wildman–Crippen MR) is 46.8 cm³/mol. The first kappa shape index (κ1) is 11.4. The molecular weight excluding hydrogens is 156 g/mol. The average Bonchev–Trinajstić information content (AvgIpc) is 2.05. The van der Waals surface area contributed by atoms with Crippen LogP contribution in [0.2, 0.25) is 0 Å². The van der Waals surface area contributed by atoms with Gasteiger partial charge in [-0.1, -0.05) is 20.3 Å². The monoisotopic (exact) mass is 174 g/mol. The van der Waals surface area contributed by atoms with E-state index in [-0.39, 0.29) is 0 Å². The number of hydrogen-bond donors (Lipinski definition) is 1. The Bertz CT molecular complexity index is 145. The Morgan fingerprint density at radius 2 is 2.00 bits per heavy atom. The molecule has 0 aliphatic carbocycles. The lowest BCUT2D eigenvalue weighted by Crippen LogP contribution is -2.39. The van der Waals surface area contributed by atoms with E-state index in [1.54, 1.807) is 13.8 Å². The highest BCUT2D eigenvalue weighted by Gasteiger charge is 2.34. The van der Waals surface area contributed by atoms with Crippen molar-refractivity contribution in [2.24, 2.45) is 0 Å². The molecule has 1 unspecified atom stereocenters. The molecule has 0 bridgehead atoms. The summed E-state index contributed by atoms with van der Waals surface area (Å²) in [5.41, 5.74) is -1.26.